The molecule has 1 aromatic heterocycles. The number of anilines is 2. The summed E-state index contributed by atoms with van der Waals surface area (Å²) in [6.45, 7) is 7.76. The molecule has 7 nitrogen and oxygen atoms in total. The van der Waals surface area contributed by atoms with E-state index in [1.54, 1.807) is 14.2 Å². The number of aromatic nitrogens is 2. The lowest BCUT2D eigenvalue weighted by Gasteiger charge is -2.31. The molecule has 1 atom stereocenters. The van der Waals surface area contributed by atoms with Crippen LogP contribution in [-0.4, -0.2) is 48.5 Å². The second-order valence-corrected chi connectivity index (χ2v) is 7.50. The predicted octanol–water partition coefficient (Wildman–Crippen LogP) is 2.97. The van der Waals surface area contributed by atoms with Gasteiger partial charge in [-0.15, -0.1) is 0 Å². The van der Waals surface area contributed by atoms with Gasteiger partial charge in [-0.25, -0.2) is 9.97 Å². The van der Waals surface area contributed by atoms with Crippen molar-refractivity contribution in [2.75, 3.05) is 37.6 Å². The van der Waals surface area contributed by atoms with Crippen LogP contribution in [0.25, 0.3) is 0 Å². The highest BCUT2D eigenvalue weighted by Gasteiger charge is 2.22. The third-order valence-corrected chi connectivity index (χ3v) is 4.96. The van der Waals surface area contributed by atoms with E-state index in [9.17, 15) is 5.11 Å². The molecule has 1 aliphatic heterocycles. The Hall–Kier alpha value is -2.54. The molecule has 2 aromatic rings. The standard InChI is InChI=1S/C21H30N4O3/c1-13(2)21-23-19(22-14(3)12-26)10-20(24-21)25-7-6-15-8-17(27-4)18(28-5)9-16(15)11-25/h8-10,13-14,26H,6-7,11-12H2,1-5H3,(H,22,23,24)/t14-/m0/s1. The van der Waals surface area contributed by atoms with Gasteiger partial charge in [0.15, 0.2) is 11.5 Å². The fourth-order valence-electron chi connectivity index (χ4n) is 3.32. The van der Waals surface area contributed by atoms with E-state index in [1.165, 1.54) is 11.1 Å². The summed E-state index contributed by atoms with van der Waals surface area (Å²) in [4.78, 5) is 11.7. The minimum Gasteiger partial charge on any atom is -0.493 e. The van der Waals surface area contributed by atoms with Gasteiger partial charge in [0.05, 0.1) is 20.8 Å². The SMILES string of the molecule is COc1cc2c(cc1OC)CN(c1cc(N[C@@H](C)CO)nc(C(C)C)n1)CC2. The normalized spacial score (nSPS) is 14.6. The summed E-state index contributed by atoms with van der Waals surface area (Å²) in [5.74, 6) is 4.16. The number of methoxy groups -OCH3 is 2. The lowest BCUT2D eigenvalue weighted by Crippen LogP contribution is -2.32. The maximum atomic E-state index is 9.36. The van der Waals surface area contributed by atoms with Gasteiger partial charge in [0.2, 0.25) is 0 Å². The molecule has 0 aliphatic carbocycles. The summed E-state index contributed by atoms with van der Waals surface area (Å²) in [5.41, 5.74) is 2.49. The van der Waals surface area contributed by atoms with Crippen molar-refractivity contribution in [3.8, 4) is 11.5 Å². The van der Waals surface area contributed by atoms with Crippen LogP contribution in [0.15, 0.2) is 18.2 Å². The van der Waals surface area contributed by atoms with Gasteiger partial charge in [0.1, 0.15) is 17.5 Å². The fourth-order valence-corrected chi connectivity index (χ4v) is 3.32. The first-order valence-corrected chi connectivity index (χ1v) is 9.70. The number of hydrogen-bond donors (Lipinski definition) is 2. The van der Waals surface area contributed by atoms with Crippen LogP contribution in [0.4, 0.5) is 11.6 Å². The molecule has 2 heterocycles. The van der Waals surface area contributed by atoms with E-state index in [4.69, 9.17) is 14.5 Å². The highest BCUT2D eigenvalue weighted by atomic mass is 16.5. The van der Waals surface area contributed by atoms with E-state index < -0.39 is 0 Å². The first-order chi connectivity index (χ1) is 13.4. The number of aliphatic hydroxyl groups excluding tert-OH is 1. The topological polar surface area (TPSA) is 79.7 Å². The number of benzene rings is 1. The van der Waals surface area contributed by atoms with Crippen LogP contribution in [0.2, 0.25) is 0 Å². The van der Waals surface area contributed by atoms with Gasteiger partial charge in [-0.2, -0.15) is 0 Å². The summed E-state index contributed by atoms with van der Waals surface area (Å²) in [5, 5.41) is 12.6. The molecule has 0 radical (unpaired) electrons. The van der Waals surface area contributed by atoms with Crippen LogP contribution in [0.1, 0.15) is 43.6 Å². The third kappa shape index (κ3) is 4.30. The molecule has 7 heteroatoms. The number of ether oxygens (including phenoxy) is 2. The molecule has 0 fully saturated rings. The molecule has 1 aromatic carbocycles. The molecule has 152 valence electrons. The Balaban J connectivity index is 1.91. The molecule has 1 aliphatic rings. The van der Waals surface area contributed by atoms with Crippen molar-refractivity contribution >= 4 is 11.6 Å². The van der Waals surface area contributed by atoms with Crippen LogP contribution >= 0.6 is 0 Å². The van der Waals surface area contributed by atoms with Crippen LogP contribution < -0.4 is 19.7 Å². The van der Waals surface area contributed by atoms with Gasteiger partial charge in [-0.05, 0) is 36.6 Å². The summed E-state index contributed by atoms with van der Waals surface area (Å²) >= 11 is 0. The van der Waals surface area contributed by atoms with Crippen molar-refractivity contribution < 1.29 is 14.6 Å². The number of aliphatic hydroxyl groups is 1. The summed E-state index contributed by atoms with van der Waals surface area (Å²) in [6, 6.07) is 6.02. The summed E-state index contributed by atoms with van der Waals surface area (Å²) < 4.78 is 10.9. The molecule has 2 N–H and O–H groups in total. The second kappa shape index (κ2) is 8.65. The van der Waals surface area contributed by atoms with Crippen molar-refractivity contribution in [2.45, 2.75) is 45.7 Å². The van der Waals surface area contributed by atoms with Crippen molar-refractivity contribution in [1.82, 2.24) is 9.97 Å². The number of rotatable bonds is 7. The van der Waals surface area contributed by atoms with Crippen LogP contribution in [-0.2, 0) is 13.0 Å². The number of nitrogens with zero attached hydrogens (tertiary/aromatic N) is 3. The van der Waals surface area contributed by atoms with Crippen molar-refractivity contribution in [1.29, 1.82) is 0 Å². The Labute approximate surface area is 166 Å². The number of fused-ring (bicyclic) bond motifs is 1. The fraction of sp³-hybridized carbons (Fsp3) is 0.524. The van der Waals surface area contributed by atoms with E-state index in [-0.39, 0.29) is 18.6 Å². The molecule has 0 spiro atoms. The van der Waals surface area contributed by atoms with Crippen molar-refractivity contribution in [2.24, 2.45) is 0 Å². The zero-order valence-corrected chi connectivity index (χ0v) is 17.3. The lowest BCUT2D eigenvalue weighted by atomic mass is 9.98. The Kier molecular flexibility index (Phi) is 6.24. The van der Waals surface area contributed by atoms with E-state index >= 15 is 0 Å². The van der Waals surface area contributed by atoms with Crippen molar-refractivity contribution in [3.63, 3.8) is 0 Å². The molecule has 0 amide bonds. The van der Waals surface area contributed by atoms with Gasteiger partial charge in [-0.1, -0.05) is 13.8 Å². The van der Waals surface area contributed by atoms with Gasteiger partial charge in [-0.3, -0.25) is 0 Å². The Morgan fingerprint density at radius 3 is 2.36 bits per heavy atom. The quantitative estimate of drug-likeness (QED) is 0.757. The third-order valence-electron chi connectivity index (χ3n) is 4.96. The zero-order chi connectivity index (χ0) is 20.3. The Morgan fingerprint density at radius 2 is 1.75 bits per heavy atom. The van der Waals surface area contributed by atoms with Gasteiger partial charge >= 0.3 is 0 Å². The molecule has 0 unspecified atom stereocenters. The molecule has 0 saturated carbocycles. The summed E-state index contributed by atoms with van der Waals surface area (Å²) in [6.07, 6.45) is 0.909. The smallest absolute Gasteiger partial charge is 0.161 e. The molecular formula is C21H30N4O3. The minimum absolute atomic E-state index is 0.0507. The molecular weight excluding hydrogens is 356 g/mol. The first-order valence-electron chi connectivity index (χ1n) is 9.70. The van der Waals surface area contributed by atoms with Gasteiger partial charge < -0.3 is 24.8 Å². The lowest BCUT2D eigenvalue weighted by molar-refractivity contribution is 0.281. The predicted molar refractivity (Wildman–Crippen MR) is 111 cm³/mol. The molecule has 3 rings (SSSR count). The van der Waals surface area contributed by atoms with E-state index in [0.29, 0.717) is 0 Å². The van der Waals surface area contributed by atoms with Gasteiger partial charge in [0, 0.05) is 31.1 Å². The molecule has 28 heavy (non-hydrogen) atoms. The van der Waals surface area contributed by atoms with Crippen LogP contribution in [0.3, 0.4) is 0 Å². The van der Waals surface area contributed by atoms with Crippen molar-refractivity contribution in [3.05, 3.63) is 35.2 Å². The second-order valence-electron chi connectivity index (χ2n) is 7.50. The van der Waals surface area contributed by atoms with Crippen LogP contribution in [0, 0.1) is 0 Å². The van der Waals surface area contributed by atoms with Gasteiger partial charge in [0.25, 0.3) is 0 Å². The number of nitrogens with one attached hydrogen (secondary N) is 1. The average molecular weight is 386 g/mol. The highest BCUT2D eigenvalue weighted by Crippen LogP contribution is 2.34. The van der Waals surface area contributed by atoms with Crippen LogP contribution in [0.5, 0.6) is 11.5 Å². The first kappa shape index (κ1) is 20.2. The van der Waals surface area contributed by atoms with E-state index in [2.05, 4.69) is 41.2 Å². The highest BCUT2D eigenvalue weighted by molar-refractivity contribution is 5.54. The zero-order valence-electron chi connectivity index (χ0n) is 17.3. The molecule has 0 saturated heterocycles. The largest absolute Gasteiger partial charge is 0.493 e. The maximum Gasteiger partial charge on any atom is 0.161 e. The Bertz CT molecular complexity index is 826. The van der Waals surface area contributed by atoms with E-state index in [0.717, 1.165) is 48.5 Å². The minimum atomic E-state index is -0.0680. The molecule has 0 bridgehead atoms. The maximum absolute atomic E-state index is 9.36. The van der Waals surface area contributed by atoms with E-state index in [1.807, 2.05) is 13.0 Å². The monoisotopic (exact) mass is 386 g/mol. The Morgan fingerprint density at radius 1 is 1.07 bits per heavy atom. The summed E-state index contributed by atoms with van der Waals surface area (Å²) in [7, 11) is 3.32. The number of hydrogen-bond acceptors (Lipinski definition) is 7. The average Bonchev–Trinajstić information content (AvgIpc) is 2.71.